The lowest BCUT2D eigenvalue weighted by atomic mass is 10.0. The van der Waals surface area contributed by atoms with Crippen molar-refractivity contribution in [1.82, 2.24) is 51.9 Å². The molecule has 35 nitrogen and oxygen atoms in total. The lowest BCUT2D eigenvalue weighted by Gasteiger charge is -2.35. The lowest BCUT2D eigenvalue weighted by Crippen LogP contribution is -2.61. The molecule has 1 aliphatic carbocycles. The van der Waals surface area contributed by atoms with Crippen LogP contribution < -0.4 is 64.7 Å². The Hall–Kier alpha value is -9.51. The molecule has 0 saturated carbocycles. The summed E-state index contributed by atoms with van der Waals surface area (Å²) in [5.74, 6) is -12.0. The van der Waals surface area contributed by atoms with Gasteiger partial charge < -0.3 is 84.3 Å². The number of hydrogen-bond donors (Lipinski definition) is 17. The number of anilines is 2. The number of aromatic nitrogens is 1. The first kappa shape index (κ1) is 66.0. The van der Waals surface area contributed by atoms with Gasteiger partial charge in [-0.15, -0.1) is 0 Å². The Balaban J connectivity index is 1.56. The minimum absolute atomic E-state index is 0.0424. The molecule has 0 bridgehead atoms. The fraction of sp³-hybridized carbons (Fsp3) is 0.521. The van der Waals surface area contributed by atoms with Gasteiger partial charge in [0, 0.05) is 57.1 Å². The Morgan fingerprint density at radius 2 is 1.27 bits per heavy atom. The maximum Gasteiger partial charge on any atom is 0.322 e. The smallest absolute Gasteiger partial charge is 0.322 e. The number of amides is 11. The number of nitrogens with zero attached hydrogens (tertiary/aromatic N) is 4. The number of rotatable bonds is 35. The molecule has 0 saturated heterocycles. The van der Waals surface area contributed by atoms with Crippen molar-refractivity contribution in [2.45, 2.75) is 119 Å². The van der Waals surface area contributed by atoms with Crippen LogP contribution >= 0.6 is 0 Å². The van der Waals surface area contributed by atoms with Gasteiger partial charge in [0.2, 0.25) is 71.4 Å². The normalized spacial score (nSPS) is 16.1. The predicted octanol–water partition coefficient (Wildman–Crippen LogP) is -6.02. The molecular formula is C48H67N15O20. The molecule has 35 heteroatoms. The zero-order valence-electron chi connectivity index (χ0n) is 44.5. The first-order chi connectivity index (χ1) is 39.3. The predicted molar refractivity (Wildman–Crippen MR) is 282 cm³/mol. The van der Waals surface area contributed by atoms with Gasteiger partial charge in [-0.3, -0.25) is 82.5 Å². The number of aromatic hydroxyl groups is 1. The van der Waals surface area contributed by atoms with E-state index in [1.54, 1.807) is 0 Å². The van der Waals surface area contributed by atoms with Crippen LogP contribution in [0.2, 0.25) is 0 Å². The topological polar surface area (TPSA) is 544 Å². The van der Waals surface area contributed by atoms with Crippen LogP contribution in [0.1, 0.15) is 83.1 Å². The van der Waals surface area contributed by atoms with Crippen molar-refractivity contribution in [3.63, 3.8) is 0 Å². The van der Waals surface area contributed by atoms with Crippen LogP contribution in [-0.2, 0) is 62.3 Å². The van der Waals surface area contributed by atoms with Gasteiger partial charge >= 0.3 is 11.9 Å². The molecule has 0 aromatic carbocycles. The number of aliphatic carboxylic acids is 2. The molecule has 0 fully saturated rings. The molecule has 0 aromatic rings. The molecule has 7 atom stereocenters. The Morgan fingerprint density at radius 3 is 1.78 bits per heavy atom. The minimum atomic E-state index is -1.75. The van der Waals surface area contributed by atoms with E-state index in [1.807, 2.05) is 0 Å². The molecule has 19 N–H and O–H groups in total. The van der Waals surface area contributed by atoms with E-state index in [0.29, 0.717) is 0 Å². The number of phenolic OH excluding ortho intramolecular Hbond substituents is 1. The van der Waals surface area contributed by atoms with E-state index in [2.05, 4.69) is 52.8 Å². The quantitative estimate of drug-likeness (QED) is 0.0174. The molecule has 3 heterocycles. The Kier molecular flexibility index (Phi) is 25.5. The number of hydrogen-bond acceptors (Lipinski definition) is 21. The molecule has 6 unspecified atom stereocenters. The van der Waals surface area contributed by atoms with Gasteiger partial charge in [-0.05, 0) is 63.5 Å². The lowest BCUT2D eigenvalue weighted by molar-refractivity contribution is -0.150. The molecule has 4 aliphatic rings. The van der Waals surface area contributed by atoms with E-state index in [0.717, 1.165) is 12.1 Å². The molecule has 454 valence electrons. The van der Waals surface area contributed by atoms with E-state index in [4.69, 9.17) is 21.7 Å². The van der Waals surface area contributed by atoms with Crippen molar-refractivity contribution in [3.8, 4) is 17.0 Å². The van der Waals surface area contributed by atoms with Crippen LogP contribution in [0.15, 0.2) is 28.0 Å². The number of aliphatic hydroxyl groups excluding tert-OH is 1. The third kappa shape index (κ3) is 20.5. The third-order valence-electron chi connectivity index (χ3n) is 12.8. The van der Waals surface area contributed by atoms with Gasteiger partial charge in [0.1, 0.15) is 60.5 Å². The molecule has 83 heavy (non-hydrogen) atoms. The van der Waals surface area contributed by atoms with Crippen LogP contribution in [0.25, 0.3) is 11.3 Å². The van der Waals surface area contributed by atoms with Crippen molar-refractivity contribution >= 4 is 95.3 Å². The summed E-state index contributed by atoms with van der Waals surface area (Å²) in [7, 11) is 0. The van der Waals surface area contributed by atoms with Gasteiger partial charge in [0.15, 0.2) is 5.75 Å². The third-order valence-corrected chi connectivity index (χ3v) is 12.8. The van der Waals surface area contributed by atoms with Gasteiger partial charge in [0.05, 0.1) is 24.4 Å². The number of phenols is 1. The van der Waals surface area contributed by atoms with Crippen LogP contribution in [-0.4, -0.2) is 205 Å². The number of carboxylic acid groups (broad SMARTS) is 2. The standard InChI is InChI=1S/C48H67N15O20/c49-36(69)7-5-27(45(78)56-25(3-1-15-61(82)22-65)43(76)53-20-40(74)75)59-46(79)28(6-8-37(50)70)58-44(77)26(4-2-16-62(83)23-66)57-47(80)29-11-13-51-41(55-29)31(21-64)60-48(81)32-12-14-52-42-30(54-38(71)9-10-39(72)73)17-24-18-34(67)35(68)19-33(24)63(32)42/h17-19,22-23,25-29,31-32,52,64,67,82-83H,1-16,20-21H2,(H2,49,69)(H2,50,70)(H,51,55)(H,53,76)(H,54,71)(H,56,78)(H,57,80)(H,58,77)(H,59,79)(H,60,81)(H,72,73)(H,74,75)/t25?,26?,27?,28?,29?,31?,32-/m0/s1. The summed E-state index contributed by atoms with van der Waals surface area (Å²) in [5, 5.41) is 81.7. The zero-order chi connectivity index (χ0) is 61.5. The minimum Gasteiger partial charge on any atom is -0.504 e. The molecule has 0 aromatic heterocycles. The summed E-state index contributed by atoms with van der Waals surface area (Å²) in [6.07, 6.45) is -3.86. The molecule has 11 amide bonds. The summed E-state index contributed by atoms with van der Waals surface area (Å²) in [5.41, 5.74) is 10.3. The van der Waals surface area contributed by atoms with Gasteiger partial charge in [-0.25, -0.2) is 10.1 Å². The number of carboxylic acids is 2. The number of aliphatic hydroxyl groups is 1. The fourth-order valence-electron chi connectivity index (χ4n) is 8.64. The number of carbonyl (C=O) groups excluding carboxylic acids is 11. The number of hydroxylamine groups is 4. The number of amidine groups is 1. The van der Waals surface area contributed by atoms with Gasteiger partial charge in [-0.1, -0.05) is 0 Å². The van der Waals surface area contributed by atoms with E-state index in [-0.39, 0.29) is 116 Å². The highest BCUT2D eigenvalue weighted by molar-refractivity contribution is 6.00. The highest BCUT2D eigenvalue weighted by Crippen LogP contribution is 2.39. The van der Waals surface area contributed by atoms with Crippen LogP contribution in [0.5, 0.6) is 5.75 Å². The summed E-state index contributed by atoms with van der Waals surface area (Å²) in [6, 6.07) is -6.77. The summed E-state index contributed by atoms with van der Waals surface area (Å²) in [4.78, 5) is 181. The van der Waals surface area contributed by atoms with Gasteiger partial charge in [0.25, 0.3) is 0 Å². The Morgan fingerprint density at radius 1 is 0.711 bits per heavy atom. The van der Waals surface area contributed by atoms with E-state index >= 15 is 0 Å². The SMILES string of the molecule is NC(=O)CCC(NC(=O)C(CCC(N)=O)NC(=O)C(CCCN(O)C=O)NC(=O)C1CCN=C(C(CO)NC(=O)[C@@H]2CCNc3c(NC(=O)CCC(=O)O)cc4cc(O)c(=O)cc-4n32)N1)C(=O)NC(CCCN(O)C=O)C(=O)NCC(=O)O. The molecule has 3 aliphatic heterocycles. The number of pyridine rings is 1. The second kappa shape index (κ2) is 32.1. The number of carbonyl (C=O) groups is 13. The second-order valence-corrected chi connectivity index (χ2v) is 19.0. The van der Waals surface area contributed by atoms with Crippen molar-refractivity contribution in [3.05, 3.63) is 28.4 Å². The zero-order valence-corrected chi connectivity index (χ0v) is 44.5. The first-order valence-corrected chi connectivity index (χ1v) is 25.8. The van der Waals surface area contributed by atoms with Crippen LogP contribution in [0.4, 0.5) is 11.5 Å². The number of fused-ring (bicyclic) bond motifs is 3. The van der Waals surface area contributed by atoms with E-state index in [9.17, 15) is 87.8 Å². The first-order valence-electron chi connectivity index (χ1n) is 25.8. The molecule has 4 rings (SSSR count). The van der Waals surface area contributed by atoms with Crippen molar-refractivity contribution in [2.75, 3.05) is 50.0 Å². The average Bonchev–Trinajstić information content (AvgIpc) is 2.26. The maximum absolute atomic E-state index is 14.3. The summed E-state index contributed by atoms with van der Waals surface area (Å²) >= 11 is 0. The van der Waals surface area contributed by atoms with E-state index in [1.165, 1.54) is 10.6 Å². The number of benzene rings is 1. The van der Waals surface area contributed by atoms with Crippen LogP contribution in [0, 0.1) is 0 Å². The average molecular weight is 1170 g/mol. The fourth-order valence-corrected chi connectivity index (χ4v) is 8.64. The van der Waals surface area contributed by atoms with Crippen molar-refractivity contribution < 1.29 is 93.2 Å². The summed E-state index contributed by atoms with van der Waals surface area (Å²) in [6.45, 7) is -2.36. The largest absolute Gasteiger partial charge is 0.504 e. The molecule has 0 radical (unpaired) electrons. The number of nitrogens with one attached hydrogen (secondary N) is 9. The highest BCUT2D eigenvalue weighted by Gasteiger charge is 2.37. The molecular weight excluding hydrogens is 1110 g/mol. The Labute approximate surface area is 470 Å². The number of nitrogens with two attached hydrogens (primary N) is 2. The van der Waals surface area contributed by atoms with Gasteiger partial charge in [-0.2, -0.15) is 0 Å². The van der Waals surface area contributed by atoms with E-state index < -0.39 is 170 Å². The number of primary amides is 2. The monoisotopic (exact) mass is 1170 g/mol. The second-order valence-electron chi connectivity index (χ2n) is 19.0. The van der Waals surface area contributed by atoms with Crippen LogP contribution in [0.3, 0.4) is 0 Å². The molecule has 0 spiro atoms. The maximum atomic E-state index is 14.3. The Bertz CT molecular complexity index is 2810. The highest BCUT2D eigenvalue weighted by atomic mass is 16.5. The number of aliphatic imine (C=N–C) groups is 1. The van der Waals surface area contributed by atoms with Crippen molar-refractivity contribution in [1.29, 1.82) is 0 Å². The summed E-state index contributed by atoms with van der Waals surface area (Å²) < 4.78 is 1.39. The van der Waals surface area contributed by atoms with Crippen molar-refractivity contribution in [2.24, 2.45) is 16.5 Å².